The summed E-state index contributed by atoms with van der Waals surface area (Å²) in [5, 5.41) is 10.3. The van der Waals surface area contributed by atoms with Crippen molar-refractivity contribution in [3.05, 3.63) is 35.6 Å². The van der Waals surface area contributed by atoms with E-state index in [0.29, 0.717) is 5.92 Å². The Bertz CT molecular complexity index is 413. The number of hydrogen-bond acceptors (Lipinski definition) is 1. The Hall–Kier alpha value is -0.890. The smallest absolute Gasteiger partial charge is 0.123 e. The molecule has 3 atom stereocenters. The lowest BCUT2D eigenvalue weighted by Gasteiger charge is -2.42. The highest BCUT2D eigenvalue weighted by Gasteiger charge is 2.39. The van der Waals surface area contributed by atoms with E-state index < -0.39 is 0 Å². The van der Waals surface area contributed by atoms with Crippen LogP contribution in [0.2, 0.25) is 0 Å². The van der Waals surface area contributed by atoms with Crippen molar-refractivity contribution in [2.24, 2.45) is 11.8 Å². The molecule has 1 N–H and O–H groups in total. The Morgan fingerprint density at radius 1 is 1.28 bits per heavy atom. The van der Waals surface area contributed by atoms with Crippen LogP contribution < -0.4 is 0 Å². The highest BCUT2D eigenvalue weighted by atomic mass is 19.1. The number of benzene rings is 1. The molecule has 3 unspecified atom stereocenters. The van der Waals surface area contributed by atoms with Gasteiger partial charge in [-0.2, -0.15) is 0 Å². The van der Waals surface area contributed by atoms with E-state index in [9.17, 15) is 9.50 Å². The molecule has 1 aromatic rings. The first kappa shape index (κ1) is 13.5. The van der Waals surface area contributed by atoms with Crippen LogP contribution in [-0.4, -0.2) is 11.2 Å². The molecule has 0 spiro atoms. The van der Waals surface area contributed by atoms with Crippen molar-refractivity contribution in [1.82, 2.24) is 0 Å². The summed E-state index contributed by atoms with van der Waals surface area (Å²) in [5.41, 5.74) is 0.808. The molecule has 1 saturated carbocycles. The van der Waals surface area contributed by atoms with Crippen LogP contribution in [-0.2, 0) is 5.41 Å². The quantitative estimate of drug-likeness (QED) is 0.844. The molecule has 18 heavy (non-hydrogen) atoms. The van der Waals surface area contributed by atoms with Gasteiger partial charge in [-0.1, -0.05) is 39.3 Å². The fourth-order valence-corrected chi connectivity index (χ4v) is 3.30. The third kappa shape index (κ3) is 2.59. The van der Waals surface area contributed by atoms with E-state index in [2.05, 4.69) is 20.8 Å². The van der Waals surface area contributed by atoms with Crippen LogP contribution in [0.3, 0.4) is 0 Å². The van der Waals surface area contributed by atoms with E-state index in [0.717, 1.165) is 24.8 Å². The summed E-state index contributed by atoms with van der Waals surface area (Å²) in [6.45, 7) is 6.42. The van der Waals surface area contributed by atoms with Crippen LogP contribution >= 0.6 is 0 Å². The largest absolute Gasteiger partial charge is 0.393 e. The SMILES string of the molecule is CC1CCC(C(C)(C)c2cccc(F)c2)C(O)C1. The number of aliphatic hydroxyl groups excluding tert-OH is 1. The Morgan fingerprint density at radius 2 is 2.00 bits per heavy atom. The molecular weight excluding hydrogens is 227 g/mol. The fourth-order valence-electron chi connectivity index (χ4n) is 3.30. The van der Waals surface area contributed by atoms with Gasteiger partial charge in [0.1, 0.15) is 5.82 Å². The van der Waals surface area contributed by atoms with E-state index in [1.807, 2.05) is 6.07 Å². The highest BCUT2D eigenvalue weighted by molar-refractivity contribution is 5.26. The van der Waals surface area contributed by atoms with Gasteiger partial charge >= 0.3 is 0 Å². The Morgan fingerprint density at radius 3 is 2.61 bits per heavy atom. The summed E-state index contributed by atoms with van der Waals surface area (Å²) in [6, 6.07) is 6.79. The molecule has 1 fully saturated rings. The predicted molar refractivity (Wildman–Crippen MR) is 71.9 cm³/mol. The average Bonchev–Trinajstić information content (AvgIpc) is 2.28. The van der Waals surface area contributed by atoms with Crippen LogP contribution in [0.1, 0.15) is 45.6 Å². The lowest BCUT2D eigenvalue weighted by atomic mass is 9.64. The zero-order valence-corrected chi connectivity index (χ0v) is 11.5. The highest BCUT2D eigenvalue weighted by Crippen LogP contribution is 2.42. The molecule has 0 bridgehead atoms. The Kier molecular flexibility index (Phi) is 3.76. The first-order chi connectivity index (χ1) is 8.41. The number of rotatable bonds is 2. The summed E-state index contributed by atoms with van der Waals surface area (Å²) < 4.78 is 13.4. The summed E-state index contributed by atoms with van der Waals surface area (Å²) >= 11 is 0. The molecule has 0 aliphatic heterocycles. The van der Waals surface area contributed by atoms with Gasteiger partial charge in [-0.25, -0.2) is 4.39 Å². The van der Waals surface area contributed by atoms with Crippen molar-refractivity contribution in [2.45, 2.75) is 51.6 Å². The molecule has 1 aliphatic rings. The van der Waals surface area contributed by atoms with Gasteiger partial charge in [0.2, 0.25) is 0 Å². The zero-order valence-electron chi connectivity index (χ0n) is 11.5. The second-order valence-corrected chi connectivity index (χ2v) is 6.32. The van der Waals surface area contributed by atoms with Crippen molar-refractivity contribution in [3.8, 4) is 0 Å². The molecule has 1 aliphatic carbocycles. The van der Waals surface area contributed by atoms with Crippen molar-refractivity contribution in [1.29, 1.82) is 0 Å². The average molecular weight is 250 g/mol. The van der Waals surface area contributed by atoms with E-state index in [1.54, 1.807) is 12.1 Å². The van der Waals surface area contributed by atoms with E-state index in [1.165, 1.54) is 6.07 Å². The molecule has 1 aromatic carbocycles. The van der Waals surface area contributed by atoms with E-state index >= 15 is 0 Å². The molecular formula is C16H23FO. The summed E-state index contributed by atoms with van der Waals surface area (Å²) in [5.74, 6) is 0.620. The maximum Gasteiger partial charge on any atom is 0.123 e. The van der Waals surface area contributed by atoms with Crippen LogP contribution in [0.25, 0.3) is 0 Å². The maximum atomic E-state index is 13.4. The normalized spacial score (nSPS) is 29.3. The summed E-state index contributed by atoms with van der Waals surface area (Å²) in [6.07, 6.45) is 2.77. The van der Waals surface area contributed by atoms with Crippen LogP contribution in [0.5, 0.6) is 0 Å². The maximum absolute atomic E-state index is 13.4. The third-order valence-electron chi connectivity index (χ3n) is 4.57. The molecule has 0 saturated heterocycles. The van der Waals surface area contributed by atoms with Crippen molar-refractivity contribution >= 4 is 0 Å². The van der Waals surface area contributed by atoms with Gasteiger partial charge in [0.25, 0.3) is 0 Å². The van der Waals surface area contributed by atoms with Gasteiger partial charge in [-0.15, -0.1) is 0 Å². The third-order valence-corrected chi connectivity index (χ3v) is 4.57. The van der Waals surface area contributed by atoms with Crippen LogP contribution in [0.15, 0.2) is 24.3 Å². The lowest BCUT2D eigenvalue weighted by Crippen LogP contribution is -2.41. The predicted octanol–water partition coefficient (Wildman–Crippen LogP) is 3.90. The molecule has 1 nitrogen and oxygen atoms in total. The molecule has 2 rings (SSSR count). The standard InChI is InChI=1S/C16H23FO/c1-11-7-8-14(15(18)9-11)16(2,3)12-5-4-6-13(17)10-12/h4-6,10-11,14-15,18H,7-9H2,1-3H3. The Balaban J connectivity index is 2.25. The van der Waals surface area contributed by atoms with Gasteiger partial charge in [-0.05, 0) is 47.8 Å². The molecule has 0 aromatic heterocycles. The second kappa shape index (κ2) is 5.00. The monoisotopic (exact) mass is 250 g/mol. The minimum absolute atomic E-state index is 0.179. The van der Waals surface area contributed by atoms with E-state index in [4.69, 9.17) is 0 Å². The first-order valence-electron chi connectivity index (χ1n) is 6.85. The molecule has 2 heteroatoms. The molecule has 100 valence electrons. The zero-order chi connectivity index (χ0) is 13.3. The topological polar surface area (TPSA) is 20.2 Å². The number of hydrogen-bond donors (Lipinski definition) is 1. The summed E-state index contributed by atoms with van der Waals surface area (Å²) in [7, 11) is 0. The van der Waals surface area contributed by atoms with Gasteiger partial charge in [0.15, 0.2) is 0 Å². The van der Waals surface area contributed by atoms with Gasteiger partial charge in [0.05, 0.1) is 6.10 Å². The van der Waals surface area contributed by atoms with Gasteiger partial charge < -0.3 is 5.11 Å². The van der Waals surface area contributed by atoms with Gasteiger partial charge in [-0.3, -0.25) is 0 Å². The first-order valence-corrected chi connectivity index (χ1v) is 6.85. The van der Waals surface area contributed by atoms with Crippen molar-refractivity contribution in [3.63, 3.8) is 0 Å². The number of aliphatic hydroxyl groups is 1. The van der Waals surface area contributed by atoms with Gasteiger partial charge in [0, 0.05) is 0 Å². The lowest BCUT2D eigenvalue weighted by molar-refractivity contribution is 0.0143. The molecule has 0 radical (unpaired) electrons. The fraction of sp³-hybridized carbons (Fsp3) is 0.625. The second-order valence-electron chi connectivity index (χ2n) is 6.32. The van der Waals surface area contributed by atoms with Crippen LogP contribution in [0, 0.1) is 17.7 Å². The van der Waals surface area contributed by atoms with Crippen molar-refractivity contribution < 1.29 is 9.50 Å². The summed E-state index contributed by atoms with van der Waals surface area (Å²) in [4.78, 5) is 0. The Labute approximate surface area is 109 Å². The number of halogens is 1. The van der Waals surface area contributed by atoms with E-state index in [-0.39, 0.29) is 23.3 Å². The molecule has 0 amide bonds. The minimum Gasteiger partial charge on any atom is -0.393 e. The van der Waals surface area contributed by atoms with Crippen molar-refractivity contribution in [2.75, 3.05) is 0 Å². The molecule has 0 heterocycles. The van der Waals surface area contributed by atoms with Crippen LogP contribution in [0.4, 0.5) is 4.39 Å². The minimum atomic E-state index is -0.271.